The van der Waals surface area contributed by atoms with E-state index in [1.165, 1.54) is 5.56 Å². The van der Waals surface area contributed by atoms with Crippen LogP contribution in [0.15, 0.2) is 27.1 Å². The highest BCUT2D eigenvalue weighted by Crippen LogP contribution is 2.27. The molecule has 0 aliphatic carbocycles. The van der Waals surface area contributed by atoms with Crippen LogP contribution in [0.2, 0.25) is 0 Å². The minimum absolute atomic E-state index is 0.204. The molecule has 2 unspecified atom stereocenters. The van der Waals surface area contributed by atoms with Gasteiger partial charge in [0.1, 0.15) is 0 Å². The van der Waals surface area contributed by atoms with Gasteiger partial charge in [0.15, 0.2) is 0 Å². The van der Waals surface area contributed by atoms with E-state index in [9.17, 15) is 5.11 Å². The first-order valence-corrected chi connectivity index (χ1v) is 7.85. The molecule has 0 aliphatic heterocycles. The number of hydrogen-bond acceptors (Lipinski definition) is 2. The second-order valence-electron chi connectivity index (χ2n) is 5.02. The van der Waals surface area contributed by atoms with Crippen molar-refractivity contribution in [3.8, 4) is 0 Å². The molecule has 0 spiro atoms. The quantitative estimate of drug-likeness (QED) is 0.768. The van der Waals surface area contributed by atoms with Crippen molar-refractivity contribution in [3.63, 3.8) is 0 Å². The Morgan fingerprint density at radius 2 is 2.06 bits per heavy atom. The molecule has 0 saturated carbocycles. The Morgan fingerprint density at radius 1 is 1.39 bits per heavy atom. The first-order chi connectivity index (χ1) is 8.35. The molecule has 1 aromatic rings. The van der Waals surface area contributed by atoms with Crippen molar-refractivity contribution < 1.29 is 5.11 Å². The molecule has 0 amide bonds. The van der Waals surface area contributed by atoms with E-state index in [2.05, 4.69) is 57.1 Å². The summed E-state index contributed by atoms with van der Waals surface area (Å²) in [7, 11) is 0. The lowest BCUT2D eigenvalue weighted by Gasteiger charge is -2.26. The largest absolute Gasteiger partial charge is 0.389 e. The zero-order valence-corrected chi connectivity index (χ0v) is 14.3. The van der Waals surface area contributed by atoms with Gasteiger partial charge in [-0.2, -0.15) is 0 Å². The SMILES string of the molecule is CCCC(C)(O)CNC(C)c1ccc(Br)cc1Br. The van der Waals surface area contributed by atoms with Crippen molar-refractivity contribution in [2.45, 2.75) is 45.3 Å². The van der Waals surface area contributed by atoms with Crippen LogP contribution in [0, 0.1) is 0 Å². The fourth-order valence-corrected chi connectivity index (χ4v) is 3.35. The molecule has 1 aromatic carbocycles. The predicted octanol–water partition coefficient (Wildman–Crippen LogP) is 4.41. The molecule has 18 heavy (non-hydrogen) atoms. The van der Waals surface area contributed by atoms with Crippen LogP contribution >= 0.6 is 31.9 Å². The van der Waals surface area contributed by atoms with E-state index in [0.717, 1.165) is 21.8 Å². The van der Waals surface area contributed by atoms with Gasteiger partial charge >= 0.3 is 0 Å². The Morgan fingerprint density at radius 3 is 2.61 bits per heavy atom. The molecular weight excluding hydrogens is 358 g/mol. The zero-order valence-electron chi connectivity index (χ0n) is 11.1. The van der Waals surface area contributed by atoms with Crippen LogP contribution in [-0.4, -0.2) is 17.3 Å². The highest BCUT2D eigenvalue weighted by Gasteiger charge is 2.20. The molecule has 0 radical (unpaired) electrons. The van der Waals surface area contributed by atoms with Gasteiger partial charge in [-0.05, 0) is 38.0 Å². The minimum atomic E-state index is -0.634. The highest BCUT2D eigenvalue weighted by molar-refractivity contribution is 9.11. The normalized spacial score (nSPS) is 16.3. The molecule has 0 saturated heterocycles. The van der Waals surface area contributed by atoms with E-state index in [1.54, 1.807) is 0 Å². The monoisotopic (exact) mass is 377 g/mol. The summed E-state index contributed by atoms with van der Waals surface area (Å²) in [5, 5.41) is 13.5. The third kappa shape index (κ3) is 5.00. The van der Waals surface area contributed by atoms with E-state index in [0.29, 0.717) is 6.54 Å². The lowest BCUT2D eigenvalue weighted by atomic mass is 9.99. The summed E-state index contributed by atoms with van der Waals surface area (Å²) in [5.74, 6) is 0. The van der Waals surface area contributed by atoms with Crippen LogP contribution < -0.4 is 5.32 Å². The van der Waals surface area contributed by atoms with Crippen LogP contribution in [0.4, 0.5) is 0 Å². The Bertz CT molecular complexity index is 393. The van der Waals surface area contributed by atoms with Gasteiger partial charge in [0.2, 0.25) is 0 Å². The van der Waals surface area contributed by atoms with E-state index in [-0.39, 0.29) is 6.04 Å². The molecule has 2 N–H and O–H groups in total. The third-order valence-corrected chi connectivity index (χ3v) is 4.19. The lowest BCUT2D eigenvalue weighted by molar-refractivity contribution is 0.0476. The second kappa shape index (κ2) is 7.04. The molecule has 2 atom stereocenters. The van der Waals surface area contributed by atoms with Gasteiger partial charge in [0.25, 0.3) is 0 Å². The number of halogens is 2. The summed E-state index contributed by atoms with van der Waals surface area (Å²) in [6, 6.07) is 6.36. The van der Waals surface area contributed by atoms with E-state index in [4.69, 9.17) is 0 Å². The molecule has 0 heterocycles. The topological polar surface area (TPSA) is 32.3 Å². The molecule has 0 bridgehead atoms. The standard InChI is InChI=1S/C14H21Br2NO/c1-4-7-14(3,18)9-17-10(2)12-6-5-11(15)8-13(12)16/h5-6,8,10,17-18H,4,7,9H2,1-3H3. The van der Waals surface area contributed by atoms with Crippen LogP contribution in [0.1, 0.15) is 45.2 Å². The molecular formula is C14H21Br2NO. The number of benzene rings is 1. The van der Waals surface area contributed by atoms with Crippen molar-refractivity contribution in [1.29, 1.82) is 0 Å². The molecule has 0 aliphatic rings. The van der Waals surface area contributed by atoms with Crippen molar-refractivity contribution in [3.05, 3.63) is 32.7 Å². The van der Waals surface area contributed by atoms with E-state index >= 15 is 0 Å². The van der Waals surface area contributed by atoms with E-state index in [1.807, 2.05) is 19.1 Å². The van der Waals surface area contributed by atoms with Gasteiger partial charge in [-0.3, -0.25) is 0 Å². The summed E-state index contributed by atoms with van der Waals surface area (Å²) in [6.07, 6.45) is 1.80. The molecule has 1 rings (SSSR count). The Labute approximate surface area is 126 Å². The van der Waals surface area contributed by atoms with Gasteiger partial charge in [-0.25, -0.2) is 0 Å². The number of nitrogens with one attached hydrogen (secondary N) is 1. The molecule has 0 aromatic heterocycles. The van der Waals surface area contributed by atoms with Crippen molar-refractivity contribution >= 4 is 31.9 Å². The molecule has 2 nitrogen and oxygen atoms in total. The summed E-state index contributed by atoms with van der Waals surface area (Å²) in [6.45, 7) is 6.68. The van der Waals surface area contributed by atoms with Crippen LogP contribution in [0.3, 0.4) is 0 Å². The molecule has 4 heteroatoms. The fraction of sp³-hybridized carbons (Fsp3) is 0.571. The van der Waals surface area contributed by atoms with Gasteiger partial charge in [-0.15, -0.1) is 0 Å². The summed E-state index contributed by atoms with van der Waals surface area (Å²) in [4.78, 5) is 0. The van der Waals surface area contributed by atoms with Crippen LogP contribution in [0.25, 0.3) is 0 Å². The maximum absolute atomic E-state index is 10.1. The third-order valence-electron chi connectivity index (χ3n) is 3.01. The number of aliphatic hydroxyl groups is 1. The van der Waals surface area contributed by atoms with Gasteiger partial charge in [0.05, 0.1) is 5.60 Å². The average Bonchev–Trinajstić information content (AvgIpc) is 2.26. The maximum Gasteiger partial charge on any atom is 0.0743 e. The Kier molecular flexibility index (Phi) is 6.31. The predicted molar refractivity (Wildman–Crippen MR) is 83.8 cm³/mol. The first-order valence-electron chi connectivity index (χ1n) is 6.26. The van der Waals surface area contributed by atoms with Crippen LogP contribution in [-0.2, 0) is 0 Å². The van der Waals surface area contributed by atoms with Crippen molar-refractivity contribution in [2.75, 3.05) is 6.54 Å². The highest BCUT2D eigenvalue weighted by atomic mass is 79.9. The number of rotatable bonds is 6. The van der Waals surface area contributed by atoms with Gasteiger partial charge < -0.3 is 10.4 Å². The molecule has 102 valence electrons. The smallest absolute Gasteiger partial charge is 0.0743 e. The summed E-state index contributed by atoms with van der Waals surface area (Å²) in [5.41, 5.74) is 0.565. The fourth-order valence-electron chi connectivity index (χ4n) is 1.96. The zero-order chi connectivity index (χ0) is 13.8. The average molecular weight is 379 g/mol. The molecule has 0 fully saturated rings. The first kappa shape index (κ1) is 16.2. The number of hydrogen-bond donors (Lipinski definition) is 2. The second-order valence-corrected chi connectivity index (χ2v) is 6.79. The Hall–Kier alpha value is 0.1000. The minimum Gasteiger partial charge on any atom is -0.389 e. The summed E-state index contributed by atoms with van der Waals surface area (Å²) < 4.78 is 2.13. The van der Waals surface area contributed by atoms with Gasteiger partial charge in [0, 0.05) is 21.5 Å². The van der Waals surface area contributed by atoms with Crippen molar-refractivity contribution in [1.82, 2.24) is 5.32 Å². The van der Waals surface area contributed by atoms with Crippen molar-refractivity contribution in [2.24, 2.45) is 0 Å². The van der Waals surface area contributed by atoms with Crippen LogP contribution in [0.5, 0.6) is 0 Å². The van der Waals surface area contributed by atoms with E-state index < -0.39 is 5.60 Å². The lowest BCUT2D eigenvalue weighted by Crippen LogP contribution is -2.38. The Balaban J connectivity index is 2.63. The summed E-state index contributed by atoms with van der Waals surface area (Å²) >= 11 is 7.01. The van der Waals surface area contributed by atoms with Gasteiger partial charge in [-0.1, -0.05) is 51.3 Å². The maximum atomic E-state index is 10.1.